The van der Waals surface area contributed by atoms with Gasteiger partial charge in [0.25, 0.3) is 10.0 Å². The number of anilines is 1. The Labute approximate surface area is 144 Å². The lowest BCUT2D eigenvalue weighted by Gasteiger charge is -2.12. The average Bonchev–Trinajstić information content (AvgIpc) is 2.43. The van der Waals surface area contributed by atoms with Crippen molar-refractivity contribution in [3.8, 4) is 0 Å². The first kappa shape index (κ1) is 16.8. The summed E-state index contributed by atoms with van der Waals surface area (Å²) in [6, 6.07) is 9.48. The molecule has 2 aromatic carbocycles. The molecule has 0 heterocycles. The molecule has 0 fully saturated rings. The number of benzene rings is 2. The van der Waals surface area contributed by atoms with Crippen LogP contribution in [-0.4, -0.2) is 13.5 Å². The van der Waals surface area contributed by atoms with E-state index in [9.17, 15) is 8.42 Å². The predicted molar refractivity (Wildman–Crippen MR) is 90.0 cm³/mol. The van der Waals surface area contributed by atoms with E-state index in [1.807, 2.05) is 0 Å². The molecule has 21 heavy (non-hydrogen) atoms. The third-order valence-corrected chi connectivity index (χ3v) is 5.82. The molecule has 0 amide bonds. The molecule has 2 rings (SSSR count). The first-order valence-corrected chi connectivity index (χ1v) is 9.15. The van der Waals surface area contributed by atoms with Gasteiger partial charge in [0.05, 0.1) is 17.3 Å². The van der Waals surface area contributed by atoms with Crippen LogP contribution >= 0.6 is 43.5 Å². The second-order valence-electron chi connectivity index (χ2n) is 4.15. The Morgan fingerprint density at radius 1 is 1.14 bits per heavy atom. The van der Waals surface area contributed by atoms with Crippen LogP contribution in [0.1, 0.15) is 5.56 Å². The lowest BCUT2D eigenvalue weighted by molar-refractivity contribution is 0.281. The maximum absolute atomic E-state index is 12.5. The summed E-state index contributed by atoms with van der Waals surface area (Å²) < 4.78 is 28.5. The summed E-state index contributed by atoms with van der Waals surface area (Å²) in [6.07, 6.45) is 0. The predicted octanol–water partition coefficient (Wildman–Crippen LogP) is 4.16. The summed E-state index contributed by atoms with van der Waals surface area (Å²) in [5.74, 6) is 0. The van der Waals surface area contributed by atoms with E-state index in [-0.39, 0.29) is 22.2 Å². The smallest absolute Gasteiger partial charge is 0.263 e. The minimum Gasteiger partial charge on any atom is -0.392 e. The molecule has 0 saturated carbocycles. The molecule has 0 radical (unpaired) electrons. The summed E-state index contributed by atoms with van der Waals surface area (Å²) in [7, 11) is -3.83. The number of nitrogens with one attached hydrogen (secondary N) is 1. The Hall–Kier alpha value is -0.600. The number of hydrogen-bond donors (Lipinski definition) is 2. The molecular weight excluding hydrogens is 445 g/mol. The third-order valence-electron chi connectivity index (χ3n) is 2.64. The molecule has 0 aliphatic heterocycles. The summed E-state index contributed by atoms with van der Waals surface area (Å²) in [4.78, 5) is 0.0325. The highest BCUT2D eigenvalue weighted by Gasteiger charge is 2.19. The van der Waals surface area contributed by atoms with Crippen molar-refractivity contribution in [3.05, 3.63) is 55.9 Å². The molecule has 0 aliphatic carbocycles. The van der Waals surface area contributed by atoms with E-state index in [1.54, 1.807) is 30.3 Å². The first-order valence-electron chi connectivity index (χ1n) is 5.70. The zero-order chi connectivity index (χ0) is 15.6. The fourth-order valence-electron chi connectivity index (χ4n) is 1.63. The number of sulfonamides is 1. The molecule has 4 nitrogen and oxygen atoms in total. The Balaban J connectivity index is 2.45. The second-order valence-corrected chi connectivity index (χ2v) is 7.98. The molecule has 0 saturated heterocycles. The van der Waals surface area contributed by atoms with Crippen molar-refractivity contribution in [2.45, 2.75) is 11.5 Å². The Morgan fingerprint density at radius 3 is 2.52 bits per heavy atom. The van der Waals surface area contributed by atoms with Crippen LogP contribution in [0.3, 0.4) is 0 Å². The molecule has 2 aromatic rings. The highest BCUT2D eigenvalue weighted by molar-refractivity contribution is 9.10. The zero-order valence-corrected chi connectivity index (χ0v) is 15.2. The van der Waals surface area contributed by atoms with Crippen molar-refractivity contribution in [3.63, 3.8) is 0 Å². The van der Waals surface area contributed by atoms with Gasteiger partial charge in [-0.1, -0.05) is 33.6 Å². The van der Waals surface area contributed by atoms with E-state index in [4.69, 9.17) is 16.7 Å². The molecular formula is C13H10Br2ClNO3S. The van der Waals surface area contributed by atoms with Gasteiger partial charge in [0.1, 0.15) is 4.90 Å². The number of hydrogen-bond acceptors (Lipinski definition) is 3. The van der Waals surface area contributed by atoms with Crippen molar-refractivity contribution in [1.29, 1.82) is 0 Å². The molecule has 8 heteroatoms. The second kappa shape index (κ2) is 6.66. The fraction of sp³-hybridized carbons (Fsp3) is 0.0769. The highest BCUT2D eigenvalue weighted by Crippen LogP contribution is 2.30. The number of aliphatic hydroxyl groups is 1. The maximum Gasteiger partial charge on any atom is 0.263 e. The van der Waals surface area contributed by atoms with Crippen LogP contribution in [0.4, 0.5) is 5.69 Å². The molecule has 0 aromatic heterocycles. The minimum atomic E-state index is -3.83. The van der Waals surface area contributed by atoms with Crippen LogP contribution in [0.15, 0.2) is 50.2 Å². The Bertz CT molecular complexity index is 781. The minimum absolute atomic E-state index is 0.0325. The fourth-order valence-corrected chi connectivity index (χ4v) is 4.29. The maximum atomic E-state index is 12.5. The van der Waals surface area contributed by atoms with Crippen molar-refractivity contribution < 1.29 is 13.5 Å². The highest BCUT2D eigenvalue weighted by atomic mass is 79.9. The molecule has 0 spiro atoms. The largest absolute Gasteiger partial charge is 0.392 e. The van der Waals surface area contributed by atoms with Crippen molar-refractivity contribution >= 4 is 59.2 Å². The van der Waals surface area contributed by atoms with Gasteiger partial charge in [0.2, 0.25) is 0 Å². The molecule has 0 atom stereocenters. The van der Waals surface area contributed by atoms with Crippen LogP contribution in [0.25, 0.3) is 0 Å². The molecule has 0 unspecified atom stereocenters. The summed E-state index contributed by atoms with van der Waals surface area (Å²) >= 11 is 12.4. The van der Waals surface area contributed by atoms with Gasteiger partial charge in [-0.15, -0.1) is 0 Å². The van der Waals surface area contributed by atoms with Gasteiger partial charge < -0.3 is 5.11 Å². The lowest BCUT2D eigenvalue weighted by atomic mass is 10.2. The SMILES string of the molecule is O=S(=O)(Nc1cc(Br)ccc1Cl)c1cc(CO)ccc1Br. The Kier molecular flexibility index (Phi) is 5.32. The number of rotatable bonds is 4. The van der Waals surface area contributed by atoms with Gasteiger partial charge in [-0.25, -0.2) is 8.42 Å². The molecule has 0 bridgehead atoms. The van der Waals surface area contributed by atoms with Gasteiger partial charge in [-0.3, -0.25) is 4.72 Å². The van der Waals surface area contributed by atoms with E-state index in [0.29, 0.717) is 14.5 Å². The monoisotopic (exact) mass is 453 g/mol. The summed E-state index contributed by atoms with van der Waals surface area (Å²) in [6.45, 7) is -0.243. The first-order chi connectivity index (χ1) is 9.83. The van der Waals surface area contributed by atoms with Crippen LogP contribution in [0, 0.1) is 0 Å². The standard InChI is InChI=1S/C13H10Br2ClNO3S/c14-9-2-4-11(16)12(6-9)17-21(19,20)13-5-8(7-18)1-3-10(13)15/h1-6,17-18H,7H2. The number of aliphatic hydroxyl groups excluding tert-OH is 1. The van der Waals surface area contributed by atoms with Crippen LogP contribution in [0.5, 0.6) is 0 Å². The molecule has 0 aliphatic rings. The third kappa shape index (κ3) is 3.98. The van der Waals surface area contributed by atoms with Crippen molar-refractivity contribution in [1.82, 2.24) is 0 Å². The van der Waals surface area contributed by atoms with Crippen LogP contribution in [-0.2, 0) is 16.6 Å². The van der Waals surface area contributed by atoms with E-state index in [2.05, 4.69) is 36.6 Å². The van der Waals surface area contributed by atoms with E-state index in [1.165, 1.54) is 6.07 Å². The normalized spacial score (nSPS) is 11.4. The van der Waals surface area contributed by atoms with E-state index in [0.717, 1.165) is 0 Å². The Morgan fingerprint density at radius 2 is 1.86 bits per heavy atom. The van der Waals surface area contributed by atoms with Gasteiger partial charge in [-0.05, 0) is 51.8 Å². The lowest BCUT2D eigenvalue weighted by Crippen LogP contribution is -2.14. The van der Waals surface area contributed by atoms with Gasteiger partial charge in [-0.2, -0.15) is 0 Å². The van der Waals surface area contributed by atoms with Crippen LogP contribution < -0.4 is 4.72 Å². The van der Waals surface area contributed by atoms with Gasteiger partial charge >= 0.3 is 0 Å². The van der Waals surface area contributed by atoms with Gasteiger partial charge in [0, 0.05) is 8.95 Å². The van der Waals surface area contributed by atoms with Crippen LogP contribution in [0.2, 0.25) is 5.02 Å². The average molecular weight is 456 g/mol. The molecule has 112 valence electrons. The molecule has 2 N–H and O–H groups in total. The quantitative estimate of drug-likeness (QED) is 0.728. The topological polar surface area (TPSA) is 66.4 Å². The van der Waals surface area contributed by atoms with E-state index < -0.39 is 10.0 Å². The van der Waals surface area contributed by atoms with Crippen molar-refractivity contribution in [2.24, 2.45) is 0 Å². The van der Waals surface area contributed by atoms with Crippen molar-refractivity contribution in [2.75, 3.05) is 4.72 Å². The van der Waals surface area contributed by atoms with E-state index >= 15 is 0 Å². The zero-order valence-electron chi connectivity index (χ0n) is 10.5. The number of halogens is 3. The van der Waals surface area contributed by atoms with Gasteiger partial charge in [0.15, 0.2) is 0 Å². The summed E-state index contributed by atoms with van der Waals surface area (Å²) in [5.41, 5.74) is 0.770. The summed E-state index contributed by atoms with van der Waals surface area (Å²) in [5, 5.41) is 9.42.